The van der Waals surface area contributed by atoms with Crippen LogP contribution in [0.25, 0.3) is 11.8 Å². The van der Waals surface area contributed by atoms with Gasteiger partial charge in [0.05, 0.1) is 47.8 Å². The fourth-order valence-corrected chi connectivity index (χ4v) is 6.51. The smallest absolute Gasteiger partial charge is 0.338 e. The first-order valence-electron chi connectivity index (χ1n) is 14.9. The van der Waals surface area contributed by atoms with E-state index in [1.165, 1.54) is 11.3 Å². The van der Waals surface area contributed by atoms with Gasteiger partial charge in [0.1, 0.15) is 5.75 Å². The average molecular weight is 610 g/mol. The normalized spacial score (nSPS) is 17.0. The second kappa shape index (κ2) is 13.0. The fourth-order valence-electron chi connectivity index (χ4n) is 5.51. The molecule has 4 aromatic rings. The molecule has 0 bridgehead atoms. The van der Waals surface area contributed by atoms with Crippen molar-refractivity contribution in [1.29, 1.82) is 0 Å². The van der Waals surface area contributed by atoms with Crippen molar-refractivity contribution in [3.8, 4) is 5.75 Å². The molecule has 1 fully saturated rings. The van der Waals surface area contributed by atoms with Crippen molar-refractivity contribution >= 4 is 34.8 Å². The molecule has 2 aliphatic heterocycles. The molecule has 1 aromatic heterocycles. The summed E-state index contributed by atoms with van der Waals surface area (Å²) >= 11 is 1.31. The molecule has 0 aliphatic carbocycles. The third kappa shape index (κ3) is 6.11. The maximum absolute atomic E-state index is 14.2. The largest absolute Gasteiger partial charge is 0.491 e. The second-order valence-electron chi connectivity index (χ2n) is 10.9. The lowest BCUT2D eigenvalue weighted by Gasteiger charge is -2.28. The lowest BCUT2D eigenvalue weighted by Crippen LogP contribution is -2.40. The van der Waals surface area contributed by atoms with Crippen LogP contribution in [-0.2, 0) is 14.3 Å². The third-order valence-electron chi connectivity index (χ3n) is 7.51. The molecule has 8 nitrogen and oxygen atoms in total. The lowest BCUT2D eigenvalue weighted by atomic mass is 9.93. The number of nitrogens with zero attached hydrogens (tertiary/aromatic N) is 3. The number of esters is 1. The van der Waals surface area contributed by atoms with Gasteiger partial charge in [-0.2, -0.15) is 0 Å². The zero-order valence-corrected chi connectivity index (χ0v) is 25.9. The Balaban J connectivity index is 1.50. The zero-order valence-electron chi connectivity index (χ0n) is 25.1. The Bertz CT molecular complexity index is 1840. The van der Waals surface area contributed by atoms with Gasteiger partial charge in [-0.25, -0.2) is 9.79 Å². The van der Waals surface area contributed by atoms with E-state index in [0.29, 0.717) is 26.4 Å². The Morgan fingerprint density at radius 3 is 2.39 bits per heavy atom. The minimum Gasteiger partial charge on any atom is -0.491 e. The number of carbonyl (C=O) groups excluding carboxylic acids is 1. The van der Waals surface area contributed by atoms with E-state index in [1.807, 2.05) is 86.7 Å². The van der Waals surface area contributed by atoms with E-state index < -0.39 is 12.0 Å². The molecule has 9 heteroatoms. The second-order valence-corrected chi connectivity index (χ2v) is 11.9. The van der Waals surface area contributed by atoms with E-state index in [-0.39, 0.29) is 18.3 Å². The van der Waals surface area contributed by atoms with Crippen molar-refractivity contribution in [2.45, 2.75) is 32.9 Å². The van der Waals surface area contributed by atoms with Crippen LogP contribution in [0.2, 0.25) is 0 Å². The summed E-state index contributed by atoms with van der Waals surface area (Å²) in [6.45, 7) is 9.05. The van der Waals surface area contributed by atoms with Crippen molar-refractivity contribution < 1.29 is 19.0 Å². The van der Waals surface area contributed by atoms with Crippen LogP contribution >= 0.6 is 11.3 Å². The Kier molecular flexibility index (Phi) is 8.77. The first-order valence-corrected chi connectivity index (χ1v) is 15.7. The van der Waals surface area contributed by atoms with E-state index >= 15 is 0 Å². The van der Waals surface area contributed by atoms with Gasteiger partial charge in [-0.3, -0.25) is 9.36 Å². The summed E-state index contributed by atoms with van der Waals surface area (Å²) in [5.41, 5.74) is 4.18. The van der Waals surface area contributed by atoms with Gasteiger partial charge in [0.2, 0.25) is 0 Å². The molecule has 0 spiro atoms. The van der Waals surface area contributed by atoms with Gasteiger partial charge in [-0.05, 0) is 62.2 Å². The summed E-state index contributed by atoms with van der Waals surface area (Å²) in [4.78, 5) is 35.6. The summed E-state index contributed by atoms with van der Waals surface area (Å²) < 4.78 is 19.1. The minimum atomic E-state index is -0.737. The fraction of sp³-hybridized carbons (Fsp3) is 0.286. The molecule has 6 rings (SSSR count). The van der Waals surface area contributed by atoms with Crippen LogP contribution in [0.15, 0.2) is 94.2 Å². The highest BCUT2D eigenvalue weighted by atomic mass is 32.1. The topological polar surface area (TPSA) is 82.4 Å². The zero-order chi connectivity index (χ0) is 30.6. The van der Waals surface area contributed by atoms with Gasteiger partial charge >= 0.3 is 5.97 Å². The SMILES string of the molecule is CCOC(=O)C1=C(c2ccccc2)N=c2s/c(=C\c3ccc(N4CCOCC4)cc3)c(=O)n2[C@@H]1c1ccc(OC(C)C)cc1. The number of aromatic nitrogens is 1. The van der Waals surface area contributed by atoms with Crippen LogP contribution in [0, 0.1) is 0 Å². The average Bonchev–Trinajstić information content (AvgIpc) is 3.35. The van der Waals surface area contributed by atoms with Gasteiger partial charge in [0, 0.05) is 24.3 Å². The first kappa shape index (κ1) is 29.6. The number of anilines is 1. The van der Waals surface area contributed by atoms with Gasteiger partial charge in [0.15, 0.2) is 4.80 Å². The summed E-state index contributed by atoms with van der Waals surface area (Å²) in [5.74, 6) is 0.206. The maximum atomic E-state index is 14.2. The molecule has 0 radical (unpaired) electrons. The Labute approximate surface area is 260 Å². The van der Waals surface area contributed by atoms with Crippen LogP contribution in [0.5, 0.6) is 5.75 Å². The summed E-state index contributed by atoms with van der Waals surface area (Å²) in [6, 6.07) is 24.5. The molecule has 2 aliphatic rings. The van der Waals surface area contributed by atoms with E-state index in [4.69, 9.17) is 19.2 Å². The molecular formula is C35H35N3O5S. The van der Waals surface area contributed by atoms with Crippen LogP contribution in [0.4, 0.5) is 5.69 Å². The number of rotatable bonds is 8. The Morgan fingerprint density at radius 2 is 1.73 bits per heavy atom. The molecular weight excluding hydrogens is 574 g/mol. The summed E-state index contributed by atoms with van der Waals surface area (Å²) in [7, 11) is 0. The number of carbonyl (C=O) groups is 1. The molecule has 1 atom stereocenters. The van der Waals surface area contributed by atoms with Gasteiger partial charge in [-0.15, -0.1) is 0 Å². The maximum Gasteiger partial charge on any atom is 0.338 e. The monoisotopic (exact) mass is 609 g/mol. The van der Waals surface area contributed by atoms with Gasteiger partial charge < -0.3 is 19.1 Å². The van der Waals surface area contributed by atoms with Crippen LogP contribution in [-0.4, -0.2) is 49.6 Å². The standard InChI is InChI=1S/C35H35N3O5S/c1-4-42-34(40)30-31(25-8-6-5-7-9-25)36-35-38(32(30)26-12-16-28(17-13-26)43-23(2)3)33(39)29(44-35)22-24-10-14-27(15-11-24)37-18-20-41-21-19-37/h5-17,22-23,32H,4,18-21H2,1-3H3/b29-22-/t32-/m1/s1. The van der Waals surface area contributed by atoms with Crippen molar-refractivity contribution in [3.05, 3.63) is 121 Å². The van der Waals surface area contributed by atoms with Gasteiger partial charge in [-0.1, -0.05) is 65.9 Å². The summed E-state index contributed by atoms with van der Waals surface area (Å²) in [6.07, 6.45) is 1.90. The van der Waals surface area contributed by atoms with Crippen molar-refractivity contribution in [2.75, 3.05) is 37.8 Å². The quantitative estimate of drug-likeness (QED) is 0.273. The lowest BCUT2D eigenvalue weighted by molar-refractivity contribution is -0.138. The predicted octanol–water partition coefficient (Wildman–Crippen LogP) is 4.56. The van der Waals surface area contributed by atoms with Crippen LogP contribution in [0.1, 0.15) is 43.5 Å². The van der Waals surface area contributed by atoms with Crippen LogP contribution in [0.3, 0.4) is 0 Å². The number of hydrogen-bond donors (Lipinski definition) is 0. The van der Waals surface area contributed by atoms with E-state index in [0.717, 1.165) is 48.7 Å². The van der Waals surface area contributed by atoms with Crippen molar-refractivity contribution in [3.63, 3.8) is 0 Å². The molecule has 1 saturated heterocycles. The Morgan fingerprint density at radius 1 is 1.02 bits per heavy atom. The third-order valence-corrected chi connectivity index (χ3v) is 8.49. The van der Waals surface area contributed by atoms with E-state index in [9.17, 15) is 9.59 Å². The molecule has 0 amide bonds. The molecule has 0 unspecified atom stereocenters. The highest BCUT2D eigenvalue weighted by Crippen LogP contribution is 2.35. The predicted molar refractivity (Wildman–Crippen MR) is 173 cm³/mol. The number of morpholine rings is 1. The molecule has 0 saturated carbocycles. The molecule has 0 N–H and O–H groups in total. The number of hydrogen-bond acceptors (Lipinski definition) is 8. The van der Waals surface area contributed by atoms with Gasteiger partial charge in [0.25, 0.3) is 5.56 Å². The molecule has 226 valence electrons. The highest BCUT2D eigenvalue weighted by molar-refractivity contribution is 7.07. The molecule has 3 heterocycles. The number of thiazole rings is 1. The van der Waals surface area contributed by atoms with E-state index in [2.05, 4.69) is 17.0 Å². The Hall–Kier alpha value is -4.47. The van der Waals surface area contributed by atoms with Crippen LogP contribution < -0.4 is 24.5 Å². The number of fused-ring (bicyclic) bond motifs is 1. The van der Waals surface area contributed by atoms with Crippen molar-refractivity contribution in [2.24, 2.45) is 4.99 Å². The minimum absolute atomic E-state index is 0.0149. The first-order chi connectivity index (χ1) is 21.4. The summed E-state index contributed by atoms with van der Waals surface area (Å²) in [5, 5.41) is 0. The van der Waals surface area contributed by atoms with E-state index in [1.54, 1.807) is 11.5 Å². The van der Waals surface area contributed by atoms with Crippen molar-refractivity contribution in [1.82, 2.24) is 4.57 Å². The molecule has 44 heavy (non-hydrogen) atoms. The molecule has 3 aromatic carbocycles. The highest BCUT2D eigenvalue weighted by Gasteiger charge is 2.35. The number of benzene rings is 3. The number of ether oxygens (including phenoxy) is 3.